The topological polar surface area (TPSA) is 56.5 Å². The summed E-state index contributed by atoms with van der Waals surface area (Å²) < 4.78 is 7.17. The smallest absolute Gasteiger partial charge is 0.359 e. The van der Waals surface area contributed by atoms with Crippen molar-refractivity contribution in [2.75, 3.05) is 6.61 Å². The van der Waals surface area contributed by atoms with E-state index >= 15 is 0 Å². The molecular formula is C21H18ClN3O2. The normalized spacial score (nSPS) is 17.9. The fourth-order valence-electron chi connectivity index (χ4n) is 3.43. The molecule has 2 heterocycles. The number of ether oxygens (including phenoxy) is 1. The van der Waals surface area contributed by atoms with Gasteiger partial charge in [-0.15, -0.1) is 0 Å². The summed E-state index contributed by atoms with van der Waals surface area (Å²) in [6.07, 6.45) is 7.47. The van der Waals surface area contributed by atoms with Crippen LogP contribution in [-0.4, -0.2) is 28.3 Å². The van der Waals surface area contributed by atoms with E-state index < -0.39 is 5.97 Å². The molecule has 0 spiro atoms. The largest absolute Gasteiger partial charge is 0.461 e. The highest BCUT2D eigenvalue weighted by Crippen LogP contribution is 2.38. The van der Waals surface area contributed by atoms with Crippen LogP contribution < -0.4 is 0 Å². The maximum Gasteiger partial charge on any atom is 0.359 e. The van der Waals surface area contributed by atoms with Gasteiger partial charge in [0.15, 0.2) is 5.69 Å². The molecule has 136 valence electrons. The van der Waals surface area contributed by atoms with Crippen LogP contribution in [0.3, 0.4) is 0 Å². The fourth-order valence-corrected chi connectivity index (χ4v) is 3.62. The quantitative estimate of drug-likeness (QED) is 0.740. The van der Waals surface area contributed by atoms with Crippen molar-refractivity contribution in [3.8, 4) is 0 Å². The first-order valence-electron chi connectivity index (χ1n) is 8.75. The first-order valence-corrected chi connectivity index (χ1v) is 9.13. The highest BCUT2D eigenvalue weighted by Gasteiger charge is 2.30. The molecule has 6 heteroatoms. The molecule has 0 amide bonds. The van der Waals surface area contributed by atoms with Crippen molar-refractivity contribution < 1.29 is 9.53 Å². The van der Waals surface area contributed by atoms with Gasteiger partial charge in [0, 0.05) is 16.2 Å². The minimum atomic E-state index is -0.445. The maximum atomic E-state index is 12.4. The molecule has 0 saturated heterocycles. The van der Waals surface area contributed by atoms with Gasteiger partial charge < -0.3 is 9.30 Å². The van der Waals surface area contributed by atoms with E-state index in [1.54, 1.807) is 13.1 Å². The number of allylic oxidation sites excluding steroid dienone is 5. The zero-order valence-corrected chi connectivity index (χ0v) is 15.8. The van der Waals surface area contributed by atoms with Crippen molar-refractivity contribution in [2.24, 2.45) is 4.99 Å². The molecule has 0 N–H and O–H groups in total. The van der Waals surface area contributed by atoms with Gasteiger partial charge in [-0.1, -0.05) is 48.0 Å². The summed E-state index contributed by atoms with van der Waals surface area (Å²) in [6.45, 7) is 3.94. The van der Waals surface area contributed by atoms with Gasteiger partial charge in [0.05, 0.1) is 30.3 Å². The number of carbonyl (C=O) groups is 1. The number of imidazole rings is 1. The number of esters is 1. The van der Waals surface area contributed by atoms with Crippen LogP contribution in [0.4, 0.5) is 0 Å². The summed E-state index contributed by atoms with van der Waals surface area (Å²) >= 11 is 6.30. The Morgan fingerprint density at radius 2 is 2.07 bits per heavy atom. The van der Waals surface area contributed by atoms with Crippen LogP contribution in [0, 0.1) is 6.92 Å². The Kier molecular flexibility index (Phi) is 4.54. The number of fused-ring (bicyclic) bond motifs is 3. The van der Waals surface area contributed by atoms with Crippen LogP contribution in [0.15, 0.2) is 64.2 Å². The highest BCUT2D eigenvalue weighted by molar-refractivity contribution is 6.31. The summed E-state index contributed by atoms with van der Waals surface area (Å²) in [5, 5.41) is 0.636. The molecule has 1 aliphatic carbocycles. The number of hydrogen-bond donors (Lipinski definition) is 0. The highest BCUT2D eigenvalue weighted by atomic mass is 35.5. The van der Waals surface area contributed by atoms with Gasteiger partial charge in [-0.3, -0.25) is 4.99 Å². The lowest BCUT2D eigenvalue weighted by Gasteiger charge is -2.22. The Bertz CT molecular complexity index is 1030. The van der Waals surface area contributed by atoms with Crippen LogP contribution in [0.25, 0.3) is 5.70 Å². The van der Waals surface area contributed by atoms with Gasteiger partial charge in [0.2, 0.25) is 0 Å². The van der Waals surface area contributed by atoms with Crippen LogP contribution in [-0.2, 0) is 4.74 Å². The van der Waals surface area contributed by atoms with Crippen molar-refractivity contribution in [3.63, 3.8) is 0 Å². The van der Waals surface area contributed by atoms with E-state index in [1.165, 1.54) is 0 Å². The number of carbonyl (C=O) groups excluding carboxylic acids is 1. The molecule has 1 aliphatic heterocycles. The van der Waals surface area contributed by atoms with Crippen molar-refractivity contribution in [2.45, 2.75) is 19.9 Å². The van der Waals surface area contributed by atoms with Gasteiger partial charge in [-0.2, -0.15) is 0 Å². The fraction of sp³-hybridized carbons (Fsp3) is 0.190. The van der Waals surface area contributed by atoms with E-state index in [0.29, 0.717) is 23.2 Å². The molecule has 0 saturated carbocycles. The van der Waals surface area contributed by atoms with Gasteiger partial charge in [0.25, 0.3) is 0 Å². The van der Waals surface area contributed by atoms with Gasteiger partial charge >= 0.3 is 5.97 Å². The van der Waals surface area contributed by atoms with Crippen LogP contribution in [0.5, 0.6) is 0 Å². The Balaban J connectivity index is 1.94. The second-order valence-corrected chi connectivity index (χ2v) is 6.68. The number of aryl methyl sites for hydroxylation is 1. The molecule has 1 unspecified atom stereocenters. The second kappa shape index (κ2) is 7.00. The summed E-state index contributed by atoms with van der Waals surface area (Å²) in [7, 11) is 0. The Morgan fingerprint density at radius 1 is 1.30 bits per heavy atom. The number of nitrogens with zero attached hydrogens (tertiary/aromatic N) is 3. The van der Waals surface area contributed by atoms with Crippen molar-refractivity contribution in [1.82, 2.24) is 9.55 Å². The van der Waals surface area contributed by atoms with Crippen molar-refractivity contribution in [3.05, 3.63) is 81.9 Å². The SMILES string of the molecule is CCOC(=O)c1nc(C)n2c1C=NC(c1ccccc1)=C1C=C(Cl)C=CC12. The predicted octanol–water partition coefficient (Wildman–Crippen LogP) is 4.45. The molecule has 0 radical (unpaired) electrons. The third kappa shape index (κ3) is 3.04. The summed E-state index contributed by atoms with van der Waals surface area (Å²) in [5.41, 5.74) is 3.68. The van der Waals surface area contributed by atoms with Crippen molar-refractivity contribution in [1.29, 1.82) is 0 Å². The average molecular weight is 380 g/mol. The molecule has 0 bridgehead atoms. The predicted molar refractivity (Wildman–Crippen MR) is 106 cm³/mol. The molecule has 1 aromatic carbocycles. The number of aromatic nitrogens is 2. The molecule has 1 aromatic heterocycles. The molecule has 2 aromatic rings. The van der Waals surface area contributed by atoms with Gasteiger partial charge in [-0.25, -0.2) is 9.78 Å². The first kappa shape index (κ1) is 17.5. The Hall–Kier alpha value is -2.92. The zero-order valence-electron chi connectivity index (χ0n) is 15.0. The number of hydrogen-bond acceptors (Lipinski definition) is 4. The summed E-state index contributed by atoms with van der Waals surface area (Å²) in [4.78, 5) is 21.5. The number of aliphatic imine (C=N–C) groups is 1. The number of benzene rings is 1. The lowest BCUT2D eigenvalue weighted by Crippen LogP contribution is -2.15. The van der Waals surface area contributed by atoms with E-state index in [-0.39, 0.29) is 11.7 Å². The van der Waals surface area contributed by atoms with E-state index in [4.69, 9.17) is 21.3 Å². The minimum Gasteiger partial charge on any atom is -0.461 e. The monoisotopic (exact) mass is 379 g/mol. The first-order chi connectivity index (χ1) is 13.1. The van der Waals surface area contributed by atoms with E-state index in [1.807, 2.05) is 60.1 Å². The van der Waals surface area contributed by atoms with E-state index in [2.05, 4.69) is 4.98 Å². The number of rotatable bonds is 3. The molecule has 4 rings (SSSR count). The zero-order chi connectivity index (χ0) is 19.0. The van der Waals surface area contributed by atoms with Crippen LogP contribution >= 0.6 is 11.6 Å². The molecule has 0 fully saturated rings. The Labute approximate surface area is 162 Å². The minimum absolute atomic E-state index is 0.157. The standard InChI is InChI=1S/C21H18ClN3O2/c1-3-27-21(26)20-18-12-23-19(14-7-5-4-6-8-14)16-11-15(22)9-10-17(16)25(18)13(2)24-20/h4-12,17H,3H2,1-2H3. The second-order valence-electron chi connectivity index (χ2n) is 6.24. The van der Waals surface area contributed by atoms with E-state index in [9.17, 15) is 4.79 Å². The molecular weight excluding hydrogens is 362 g/mol. The van der Waals surface area contributed by atoms with Crippen molar-refractivity contribution >= 4 is 29.5 Å². The van der Waals surface area contributed by atoms with Gasteiger partial charge in [-0.05, 0) is 26.0 Å². The molecule has 2 aliphatic rings. The molecule has 5 nitrogen and oxygen atoms in total. The lowest BCUT2D eigenvalue weighted by molar-refractivity contribution is 0.0519. The van der Waals surface area contributed by atoms with Gasteiger partial charge in [0.1, 0.15) is 5.82 Å². The van der Waals surface area contributed by atoms with Crippen LogP contribution in [0.1, 0.15) is 40.5 Å². The number of halogens is 1. The molecule has 27 heavy (non-hydrogen) atoms. The summed E-state index contributed by atoms with van der Waals surface area (Å²) in [6, 6.07) is 9.77. The average Bonchev–Trinajstić information content (AvgIpc) is 2.90. The summed E-state index contributed by atoms with van der Waals surface area (Å²) in [5.74, 6) is 0.270. The van der Waals surface area contributed by atoms with Crippen LogP contribution in [0.2, 0.25) is 0 Å². The third-order valence-corrected chi connectivity index (χ3v) is 4.79. The lowest BCUT2D eigenvalue weighted by atomic mass is 9.96. The Morgan fingerprint density at radius 3 is 2.81 bits per heavy atom. The maximum absolute atomic E-state index is 12.4. The van der Waals surface area contributed by atoms with E-state index in [0.717, 1.165) is 16.8 Å². The molecule has 1 atom stereocenters. The third-order valence-electron chi connectivity index (χ3n) is 4.56.